The normalized spacial score (nSPS) is 10.4. The summed E-state index contributed by atoms with van der Waals surface area (Å²) >= 11 is 11.5. The molecular weight excluding hydrogens is 1240 g/mol. The van der Waals surface area contributed by atoms with Crippen LogP contribution >= 0.6 is 83.9 Å². The molecular formula is C56H45BrIN11O5S4. The number of thiazole rings is 4. The van der Waals surface area contributed by atoms with E-state index in [9.17, 15) is 24.5 Å². The maximum absolute atomic E-state index is 12.8. The Morgan fingerprint density at radius 2 is 1.26 bits per heavy atom. The molecule has 10 rings (SSSR count). The van der Waals surface area contributed by atoms with E-state index in [0.717, 1.165) is 52.0 Å². The molecule has 16 nitrogen and oxygen atoms in total. The lowest BCUT2D eigenvalue weighted by molar-refractivity contribution is -0.384. The molecule has 6 aromatic carbocycles. The van der Waals surface area contributed by atoms with Gasteiger partial charge in [-0.2, -0.15) is 0 Å². The molecule has 0 radical (unpaired) electrons. The second-order valence-electron chi connectivity index (χ2n) is 16.3. The van der Waals surface area contributed by atoms with E-state index in [1.807, 2.05) is 149 Å². The quantitative estimate of drug-likeness (QED) is 0.0445. The van der Waals surface area contributed by atoms with Gasteiger partial charge in [0.25, 0.3) is 23.4 Å². The second-order valence-corrected chi connectivity index (χ2v) is 21.9. The van der Waals surface area contributed by atoms with Gasteiger partial charge in [0.05, 0.1) is 29.4 Å². The molecule has 0 bridgehead atoms. The molecule has 4 aromatic heterocycles. The standard InChI is InChI=1S/C22H17IN4OS2.C17H13BrN4O3S.C17H15N3OS/c1-2-18-13-29-21(24-18)19-14-30-22(25-19)27(12-15-6-4-3-5-7-15)26-20(28)16-8-10-17(23)11-9-16;1-21(16(23)11-5-7-14(8-6-11)22(24)25)20-17-19-15(10-26-17)12-3-2-4-13(18)9-12;21-16(15-9-5-2-6-10-15)19-20(17-18-11-12-22-17)13-14-7-3-1-4-8-14/h2-11,13-14H,1,12H2,(H,26,28);2-10H,1H3,(H,19,20);1-12H,13H2,(H,19,21). The molecule has 3 amide bonds. The zero-order valence-electron chi connectivity index (χ0n) is 41.2. The van der Waals surface area contributed by atoms with Crippen molar-refractivity contribution >= 4 is 129 Å². The molecule has 78 heavy (non-hydrogen) atoms. The molecule has 0 saturated heterocycles. The Morgan fingerprint density at radius 3 is 1.83 bits per heavy atom. The van der Waals surface area contributed by atoms with Gasteiger partial charge < -0.3 is 0 Å². The number of halogens is 2. The fourth-order valence-electron chi connectivity index (χ4n) is 6.96. The summed E-state index contributed by atoms with van der Waals surface area (Å²) in [7, 11) is 1.57. The first-order valence-corrected chi connectivity index (χ1v) is 28.8. The van der Waals surface area contributed by atoms with Crippen LogP contribution in [0.1, 0.15) is 47.9 Å². The molecule has 0 unspecified atom stereocenters. The number of rotatable bonds is 17. The highest BCUT2D eigenvalue weighted by Gasteiger charge is 2.20. The van der Waals surface area contributed by atoms with Crippen molar-refractivity contribution in [3.8, 4) is 22.0 Å². The van der Waals surface area contributed by atoms with Gasteiger partial charge >= 0.3 is 0 Å². The van der Waals surface area contributed by atoms with Gasteiger partial charge in [0.1, 0.15) is 10.7 Å². The number of nitrogens with zero attached hydrogens (tertiary/aromatic N) is 8. The maximum atomic E-state index is 12.8. The first kappa shape index (κ1) is 56.2. The highest BCUT2D eigenvalue weighted by atomic mass is 127. The van der Waals surface area contributed by atoms with Crippen LogP contribution in [-0.4, -0.2) is 54.6 Å². The molecule has 0 atom stereocenters. The molecule has 0 spiro atoms. The number of non-ortho nitro benzene ring substituents is 1. The van der Waals surface area contributed by atoms with Crippen molar-refractivity contribution in [1.82, 2.24) is 35.8 Å². The van der Waals surface area contributed by atoms with Gasteiger partial charge in [-0.25, -0.2) is 19.9 Å². The minimum Gasteiger partial charge on any atom is -0.271 e. The average Bonchev–Trinajstić information content (AvgIpc) is 4.34. The number of hydrogen-bond donors (Lipinski definition) is 3. The van der Waals surface area contributed by atoms with Gasteiger partial charge in [0.2, 0.25) is 15.4 Å². The molecule has 0 saturated carbocycles. The topological polar surface area (TPSA) is 192 Å². The highest BCUT2D eigenvalue weighted by molar-refractivity contribution is 14.1. The molecule has 0 aliphatic heterocycles. The number of nitro groups is 1. The maximum Gasteiger partial charge on any atom is 0.272 e. The van der Waals surface area contributed by atoms with Gasteiger partial charge in [-0.15, -0.1) is 45.3 Å². The largest absolute Gasteiger partial charge is 0.272 e. The van der Waals surface area contributed by atoms with Gasteiger partial charge in [-0.3, -0.25) is 55.8 Å². The van der Waals surface area contributed by atoms with Crippen molar-refractivity contribution in [2.75, 3.05) is 22.5 Å². The lowest BCUT2D eigenvalue weighted by Gasteiger charge is -2.22. The minimum atomic E-state index is -0.505. The highest BCUT2D eigenvalue weighted by Crippen LogP contribution is 2.31. The number of anilines is 3. The molecule has 0 aliphatic rings. The summed E-state index contributed by atoms with van der Waals surface area (Å²) in [6.07, 6.45) is 3.45. The van der Waals surface area contributed by atoms with E-state index in [1.54, 1.807) is 41.5 Å². The molecule has 0 fully saturated rings. The van der Waals surface area contributed by atoms with E-state index in [0.29, 0.717) is 40.0 Å². The Kier molecular flexibility index (Phi) is 20.1. The van der Waals surface area contributed by atoms with E-state index >= 15 is 0 Å². The van der Waals surface area contributed by atoms with E-state index in [4.69, 9.17) is 4.98 Å². The fourth-order valence-corrected chi connectivity index (χ4v) is 10.7. The van der Waals surface area contributed by atoms with Crippen LogP contribution in [0.5, 0.6) is 0 Å². The van der Waals surface area contributed by atoms with Crippen molar-refractivity contribution < 1.29 is 19.3 Å². The van der Waals surface area contributed by atoms with Crippen molar-refractivity contribution in [1.29, 1.82) is 0 Å². The smallest absolute Gasteiger partial charge is 0.271 e. The predicted molar refractivity (Wildman–Crippen MR) is 325 cm³/mol. The van der Waals surface area contributed by atoms with Crippen LogP contribution in [0, 0.1) is 13.7 Å². The predicted octanol–water partition coefficient (Wildman–Crippen LogP) is 13.9. The molecule has 4 heterocycles. The molecule has 392 valence electrons. The van der Waals surface area contributed by atoms with Crippen LogP contribution in [-0.2, 0) is 13.1 Å². The number of nitro benzene ring substituents is 1. The Labute approximate surface area is 487 Å². The summed E-state index contributed by atoms with van der Waals surface area (Å²) in [4.78, 5) is 65.8. The van der Waals surface area contributed by atoms with Crippen LogP contribution in [0.3, 0.4) is 0 Å². The number of carbonyl (C=O) groups excluding carboxylic acids is 3. The monoisotopic (exact) mass is 1290 g/mol. The SMILES string of the molecule is C=Cc1csc(-c2csc(N(Cc3ccccc3)NC(=O)c3ccc(I)cc3)n2)n1.CN(Nc1nc(-c2cccc(Br)c2)cs1)C(=O)c1ccc([N+](=O)[O-])cc1.O=C(NN(Cc1ccccc1)c1nccs1)c1ccccc1. The summed E-state index contributed by atoms with van der Waals surface area (Å²) in [5.74, 6) is -0.645. The van der Waals surface area contributed by atoms with Gasteiger partial charge in [-0.05, 0) is 100 Å². The number of nitrogens with one attached hydrogen (secondary N) is 3. The summed E-state index contributed by atoms with van der Waals surface area (Å²) < 4.78 is 2.04. The van der Waals surface area contributed by atoms with Crippen LogP contribution in [0.15, 0.2) is 203 Å². The number of aromatic nitrogens is 4. The van der Waals surface area contributed by atoms with Crippen molar-refractivity contribution in [3.63, 3.8) is 0 Å². The number of hydrogen-bond acceptors (Lipinski definition) is 16. The first-order chi connectivity index (χ1) is 37.9. The lowest BCUT2D eigenvalue weighted by atomic mass is 10.2. The number of benzene rings is 6. The Balaban J connectivity index is 0.000000156. The molecule has 10 aromatic rings. The van der Waals surface area contributed by atoms with Crippen molar-refractivity contribution in [2.24, 2.45) is 0 Å². The summed E-state index contributed by atoms with van der Waals surface area (Å²) in [6.45, 7) is 4.82. The van der Waals surface area contributed by atoms with E-state index in [2.05, 4.69) is 76.3 Å². The van der Waals surface area contributed by atoms with Crippen LogP contribution < -0.4 is 26.3 Å². The van der Waals surface area contributed by atoms with Crippen molar-refractivity contribution in [3.05, 3.63) is 250 Å². The Bertz CT molecular complexity index is 3570. The Morgan fingerprint density at radius 1 is 0.667 bits per heavy atom. The lowest BCUT2D eigenvalue weighted by Crippen LogP contribution is -2.42. The van der Waals surface area contributed by atoms with E-state index in [1.165, 1.54) is 74.6 Å². The second kappa shape index (κ2) is 27.9. The summed E-state index contributed by atoms with van der Waals surface area (Å²) in [5, 5.41) is 26.1. The molecule has 0 aliphatic carbocycles. The third kappa shape index (κ3) is 16.0. The Hall–Kier alpha value is -8.00. The van der Waals surface area contributed by atoms with Gasteiger partial charge in [0.15, 0.2) is 0 Å². The summed E-state index contributed by atoms with van der Waals surface area (Å²) in [5.41, 5.74) is 15.9. The molecule has 22 heteroatoms. The van der Waals surface area contributed by atoms with E-state index < -0.39 is 4.92 Å². The van der Waals surface area contributed by atoms with Crippen LogP contribution in [0.25, 0.3) is 28.0 Å². The number of amides is 3. The van der Waals surface area contributed by atoms with Gasteiger partial charge in [-0.1, -0.05) is 114 Å². The molecule has 3 N–H and O–H groups in total. The zero-order valence-corrected chi connectivity index (χ0v) is 48.2. The third-order valence-electron chi connectivity index (χ3n) is 10.8. The van der Waals surface area contributed by atoms with Crippen molar-refractivity contribution in [2.45, 2.75) is 13.1 Å². The number of carbonyl (C=O) groups is 3. The van der Waals surface area contributed by atoms with E-state index in [-0.39, 0.29) is 23.4 Å². The van der Waals surface area contributed by atoms with Crippen LogP contribution in [0.4, 0.5) is 21.1 Å². The zero-order chi connectivity index (χ0) is 54.8. The average molecular weight is 1290 g/mol. The fraction of sp³-hybridized carbons (Fsp3) is 0.0536. The van der Waals surface area contributed by atoms with Crippen LogP contribution in [0.2, 0.25) is 0 Å². The third-order valence-corrected chi connectivity index (χ3v) is 15.3. The summed E-state index contributed by atoms with van der Waals surface area (Å²) in [6, 6.07) is 49.8. The first-order valence-electron chi connectivity index (χ1n) is 23.4. The minimum absolute atomic E-state index is 0.0595. The van der Waals surface area contributed by atoms with Gasteiger partial charge in [0, 0.05) is 77.2 Å². The number of hydrazine groups is 3.